The summed E-state index contributed by atoms with van der Waals surface area (Å²) in [5, 5.41) is 4.43. The molecule has 5 heteroatoms. The topological polar surface area (TPSA) is 44.8 Å². The van der Waals surface area contributed by atoms with E-state index in [1.54, 1.807) is 0 Å². The zero-order chi connectivity index (χ0) is 37.2. The molecule has 0 radical (unpaired) electrons. The Morgan fingerprint density at radius 1 is 0.527 bits per heavy atom. The van der Waals surface area contributed by atoms with Gasteiger partial charge in [0.05, 0.1) is 5.65 Å². The number of rotatable bonds is 5. The van der Waals surface area contributed by atoms with Crippen LogP contribution in [0.1, 0.15) is 52.7 Å². The molecule has 0 spiro atoms. The summed E-state index contributed by atoms with van der Waals surface area (Å²) < 4.78 is 2.24. The van der Waals surface area contributed by atoms with Crippen LogP contribution in [0.2, 0.25) is 0 Å². The molecule has 4 heterocycles. The van der Waals surface area contributed by atoms with Crippen LogP contribution in [0.5, 0.6) is 0 Å². The Balaban J connectivity index is 0.00000427. The molecule has 55 heavy (non-hydrogen) atoms. The summed E-state index contributed by atoms with van der Waals surface area (Å²) in [4.78, 5) is 15.6. The van der Waals surface area contributed by atoms with Gasteiger partial charge in [0.25, 0.3) is 0 Å². The molecular weight excluding hydrogens is 852 g/mol. The van der Waals surface area contributed by atoms with E-state index in [0.29, 0.717) is 0 Å². The number of benzene rings is 5. The van der Waals surface area contributed by atoms with E-state index in [1.807, 2.05) is 24.4 Å². The molecule has 9 rings (SSSR count). The number of pyridine rings is 2. The van der Waals surface area contributed by atoms with Gasteiger partial charge in [-0.25, -0.2) is 0 Å². The Bertz CT molecular complexity index is 2800. The van der Waals surface area contributed by atoms with E-state index in [4.69, 9.17) is 15.0 Å². The zero-order valence-corrected chi connectivity index (χ0v) is 34.2. The summed E-state index contributed by atoms with van der Waals surface area (Å²) >= 11 is 0. The van der Waals surface area contributed by atoms with Gasteiger partial charge in [0.1, 0.15) is 0 Å². The van der Waals surface area contributed by atoms with Gasteiger partial charge < -0.3 is 9.55 Å². The van der Waals surface area contributed by atoms with Crippen molar-refractivity contribution in [3.63, 3.8) is 0 Å². The maximum absolute atomic E-state index is 5.50. The van der Waals surface area contributed by atoms with Gasteiger partial charge in [-0.3, -0.25) is 9.97 Å². The second-order valence-corrected chi connectivity index (χ2v) is 16.3. The summed E-state index contributed by atoms with van der Waals surface area (Å²) in [7, 11) is 0. The Kier molecular flexibility index (Phi) is 9.22. The van der Waals surface area contributed by atoms with Gasteiger partial charge in [0.2, 0.25) is 0 Å². The van der Waals surface area contributed by atoms with Crippen LogP contribution in [0.3, 0.4) is 0 Å². The first-order chi connectivity index (χ1) is 26.0. The van der Waals surface area contributed by atoms with E-state index in [2.05, 4.69) is 174 Å². The predicted octanol–water partition coefficient (Wildman–Crippen LogP) is 12.7. The summed E-state index contributed by atoms with van der Waals surface area (Å²) in [5.41, 5.74) is 12.4. The van der Waals surface area contributed by atoms with E-state index in [9.17, 15) is 0 Å². The quantitative estimate of drug-likeness (QED) is 0.162. The minimum atomic E-state index is -0.0110. The van der Waals surface area contributed by atoms with Gasteiger partial charge in [0.15, 0.2) is 0 Å². The molecule has 272 valence electrons. The van der Waals surface area contributed by atoms with Crippen LogP contribution in [-0.4, -0.2) is 14.5 Å². The summed E-state index contributed by atoms with van der Waals surface area (Å²) in [6, 6.07) is 53.2. The molecule has 0 N–H and O–H groups in total. The van der Waals surface area contributed by atoms with Crippen molar-refractivity contribution in [2.75, 3.05) is 0 Å². The Morgan fingerprint density at radius 2 is 1.13 bits per heavy atom. The average Bonchev–Trinajstić information content (AvgIpc) is 3.73. The molecule has 0 aliphatic rings. The van der Waals surface area contributed by atoms with Gasteiger partial charge in [0, 0.05) is 23.0 Å². The third-order valence-corrected chi connectivity index (χ3v) is 10.5. The van der Waals surface area contributed by atoms with E-state index in [-0.39, 0.29) is 31.9 Å². The van der Waals surface area contributed by atoms with Crippen molar-refractivity contribution < 1.29 is 21.1 Å². The molecule has 0 atom stereocenters. The number of nitrogens with zero attached hydrogens (tertiary/aromatic N) is 4. The summed E-state index contributed by atoms with van der Waals surface area (Å²) in [5.74, 6) is 0.876. The molecule has 5 aromatic carbocycles. The average molecular weight is 894 g/mol. The normalized spacial score (nSPS) is 12.0. The van der Waals surface area contributed by atoms with Gasteiger partial charge in [-0.15, -0.1) is 18.2 Å². The fourth-order valence-corrected chi connectivity index (χ4v) is 7.50. The molecule has 0 saturated heterocycles. The van der Waals surface area contributed by atoms with E-state index < -0.39 is 0 Å². The first-order valence-electron chi connectivity index (χ1n) is 18.7. The second kappa shape index (κ2) is 13.9. The van der Waals surface area contributed by atoms with Crippen LogP contribution in [0, 0.1) is 6.07 Å². The second-order valence-electron chi connectivity index (χ2n) is 16.3. The fraction of sp³-hybridized carbons (Fsp3) is 0.160. The van der Waals surface area contributed by atoms with Crippen molar-refractivity contribution >= 4 is 32.7 Å². The number of fused-ring (bicyclic) bond motifs is 4. The van der Waals surface area contributed by atoms with Gasteiger partial charge >= 0.3 is 21.1 Å². The molecule has 4 aromatic heterocycles. The number of hydrogen-bond donors (Lipinski definition) is 0. The Morgan fingerprint density at radius 3 is 1.80 bits per heavy atom. The van der Waals surface area contributed by atoms with Crippen LogP contribution in [0.4, 0.5) is 0 Å². The van der Waals surface area contributed by atoms with Crippen LogP contribution in [0.25, 0.3) is 83.4 Å². The molecule has 0 unspecified atom stereocenters. The first kappa shape index (κ1) is 36.4. The number of hydrogen-bond acceptors (Lipinski definition) is 2. The molecule has 0 aliphatic carbocycles. The van der Waals surface area contributed by atoms with Gasteiger partial charge in [-0.1, -0.05) is 180 Å². The largest absolute Gasteiger partial charge is 2.00 e. The van der Waals surface area contributed by atoms with Crippen LogP contribution in [0.15, 0.2) is 146 Å². The minimum Gasteiger partial charge on any atom is -0.434 e. The maximum Gasteiger partial charge on any atom is 2.00 e. The van der Waals surface area contributed by atoms with E-state index >= 15 is 0 Å². The molecule has 0 fully saturated rings. The third kappa shape index (κ3) is 6.64. The summed E-state index contributed by atoms with van der Waals surface area (Å²) in [6.45, 7) is 13.7. The third-order valence-electron chi connectivity index (χ3n) is 10.5. The SMILES string of the molecule is CC(C)(C)c1cc(-c2cc(-c3ccccn3)[c-]c(-c3ccc4c5ccccc5n(-c5[n-]c(-c6ccccc6)c6ccccc56)c4n3)c2)cc(C(C)(C)C)c1.[Pt+2]. The molecule has 0 bridgehead atoms. The standard InChI is InChI=1S/C50H42N4.Pt/c1-49(2,3)37-29-34(30-38(31-37)50(4,5)6)33-26-35(43-21-14-15-25-51-43)28-36(27-33)44-24-23-42-39-18-12-13-22-45(39)54(47(42)52-44)48-41-20-11-10-19-40(41)46(53-48)32-16-8-7-9-17-32;/h7-27,29-31H,1-6H3;/q-2;+2. The van der Waals surface area contributed by atoms with Crippen molar-refractivity contribution in [1.82, 2.24) is 19.5 Å². The van der Waals surface area contributed by atoms with Gasteiger partial charge in [-0.05, 0) is 72.3 Å². The summed E-state index contributed by atoms with van der Waals surface area (Å²) in [6.07, 6.45) is 1.84. The maximum atomic E-state index is 5.50. The zero-order valence-electron chi connectivity index (χ0n) is 32.0. The molecule has 0 saturated carbocycles. The minimum absolute atomic E-state index is 0. The molecule has 0 aliphatic heterocycles. The Labute approximate surface area is 337 Å². The van der Waals surface area contributed by atoms with Gasteiger partial charge in [-0.2, -0.15) is 0 Å². The number of para-hydroxylation sites is 1. The molecular formula is C50H42N4Pt. The fourth-order valence-electron chi connectivity index (χ4n) is 7.50. The predicted molar refractivity (Wildman–Crippen MR) is 225 cm³/mol. The van der Waals surface area contributed by atoms with Crippen molar-refractivity contribution in [1.29, 1.82) is 0 Å². The van der Waals surface area contributed by atoms with Crippen LogP contribution < -0.4 is 4.98 Å². The van der Waals surface area contributed by atoms with Crippen LogP contribution in [-0.2, 0) is 31.9 Å². The van der Waals surface area contributed by atoms with Crippen molar-refractivity contribution in [2.45, 2.75) is 52.4 Å². The Hall–Kier alpha value is -5.57. The van der Waals surface area contributed by atoms with Crippen molar-refractivity contribution in [3.8, 4) is 50.7 Å². The smallest absolute Gasteiger partial charge is 0.434 e. The molecule has 4 nitrogen and oxygen atoms in total. The van der Waals surface area contributed by atoms with E-state index in [0.717, 1.165) is 77.9 Å². The molecule has 0 amide bonds. The van der Waals surface area contributed by atoms with Crippen molar-refractivity contribution in [3.05, 3.63) is 163 Å². The van der Waals surface area contributed by atoms with Crippen molar-refractivity contribution in [2.24, 2.45) is 0 Å². The first-order valence-corrected chi connectivity index (χ1v) is 18.7. The van der Waals surface area contributed by atoms with E-state index in [1.165, 1.54) is 16.7 Å². The number of aromatic nitrogens is 4. The van der Waals surface area contributed by atoms with Crippen LogP contribution >= 0.6 is 0 Å². The molecule has 9 aromatic rings. The monoisotopic (exact) mass is 893 g/mol.